The zero-order valence-electron chi connectivity index (χ0n) is 22.8. The Bertz CT molecular complexity index is 898. The third-order valence-electron chi connectivity index (χ3n) is 12.6. The van der Waals surface area contributed by atoms with Crippen molar-refractivity contribution in [2.24, 2.45) is 52.3 Å². The van der Waals surface area contributed by atoms with E-state index in [-0.39, 0.29) is 17.7 Å². The Morgan fingerprint density at radius 1 is 0.944 bits per heavy atom. The Kier molecular flexibility index (Phi) is 6.07. The van der Waals surface area contributed by atoms with E-state index in [4.69, 9.17) is 14.6 Å². The summed E-state index contributed by atoms with van der Waals surface area (Å²) in [6, 6.07) is 0.134. The van der Waals surface area contributed by atoms with E-state index in [0.717, 1.165) is 50.0 Å². The number of amides is 1. The summed E-state index contributed by atoms with van der Waals surface area (Å²) in [6.45, 7) is 10.7. The lowest BCUT2D eigenvalue weighted by Crippen LogP contribution is -2.56. The molecule has 0 bridgehead atoms. The van der Waals surface area contributed by atoms with Gasteiger partial charge in [0.15, 0.2) is 5.79 Å². The van der Waals surface area contributed by atoms with Gasteiger partial charge in [0.05, 0.1) is 12.7 Å². The maximum atomic E-state index is 12.1. The monoisotopic (exact) mass is 501 g/mol. The number of carboxylic acids is 1. The Morgan fingerprint density at radius 2 is 1.72 bits per heavy atom. The molecule has 36 heavy (non-hydrogen) atoms. The van der Waals surface area contributed by atoms with Gasteiger partial charge in [-0.05, 0) is 104 Å². The average molecular weight is 502 g/mol. The fraction of sp³-hybridized carbons (Fsp3) is 0.933. The molecule has 6 fully saturated rings. The van der Waals surface area contributed by atoms with Crippen LogP contribution in [-0.2, 0) is 19.1 Å². The molecule has 6 nitrogen and oxygen atoms in total. The number of nitrogens with one attached hydrogen (secondary N) is 1. The number of aliphatic carboxylic acids is 1. The second-order valence-electron chi connectivity index (χ2n) is 14.3. The van der Waals surface area contributed by atoms with Crippen molar-refractivity contribution in [3.8, 4) is 0 Å². The van der Waals surface area contributed by atoms with Crippen LogP contribution in [0, 0.1) is 52.3 Å². The molecule has 1 amide bonds. The van der Waals surface area contributed by atoms with Crippen molar-refractivity contribution < 1.29 is 24.2 Å². The molecule has 6 rings (SSSR count). The topological polar surface area (TPSA) is 84.9 Å². The van der Waals surface area contributed by atoms with Crippen molar-refractivity contribution >= 4 is 11.9 Å². The second-order valence-corrected chi connectivity index (χ2v) is 14.3. The van der Waals surface area contributed by atoms with Crippen LogP contribution in [0.5, 0.6) is 0 Å². The molecule has 6 heteroatoms. The van der Waals surface area contributed by atoms with Crippen LogP contribution in [0.25, 0.3) is 0 Å². The van der Waals surface area contributed by atoms with Crippen molar-refractivity contribution in [2.75, 3.05) is 6.61 Å². The van der Waals surface area contributed by atoms with Crippen LogP contribution >= 0.6 is 0 Å². The number of hydrogen-bond acceptors (Lipinski definition) is 4. The molecule has 12 atom stereocenters. The van der Waals surface area contributed by atoms with Crippen LogP contribution < -0.4 is 5.32 Å². The lowest BCUT2D eigenvalue weighted by molar-refractivity contribution is -0.273. The minimum Gasteiger partial charge on any atom is -0.481 e. The van der Waals surface area contributed by atoms with E-state index in [1.165, 1.54) is 38.5 Å². The highest BCUT2D eigenvalue weighted by atomic mass is 16.7. The Labute approximate surface area is 216 Å². The Morgan fingerprint density at radius 3 is 2.44 bits per heavy atom. The zero-order chi connectivity index (χ0) is 25.5. The molecular formula is C30H47NO5. The fourth-order valence-electron chi connectivity index (χ4n) is 10.8. The molecule has 0 aromatic carbocycles. The number of fused-ring (bicyclic) bond motifs is 7. The molecule has 4 saturated carbocycles. The Balaban J connectivity index is 1.16. The molecule has 0 aromatic rings. The average Bonchev–Trinajstić information content (AvgIpc) is 3.26. The van der Waals surface area contributed by atoms with Crippen LogP contribution in [0.15, 0.2) is 0 Å². The first kappa shape index (κ1) is 25.2. The Hall–Kier alpha value is -1.14. The van der Waals surface area contributed by atoms with E-state index in [2.05, 4.69) is 33.0 Å². The molecule has 0 aromatic heterocycles. The highest BCUT2D eigenvalue weighted by molar-refractivity contribution is 5.93. The maximum absolute atomic E-state index is 12.1. The van der Waals surface area contributed by atoms with Gasteiger partial charge in [0, 0.05) is 18.4 Å². The lowest BCUT2D eigenvalue weighted by atomic mass is 9.44. The van der Waals surface area contributed by atoms with Gasteiger partial charge in [-0.25, -0.2) is 0 Å². The molecule has 2 saturated heterocycles. The molecule has 2 aliphatic heterocycles. The summed E-state index contributed by atoms with van der Waals surface area (Å²) in [7, 11) is 0. The third kappa shape index (κ3) is 3.71. The van der Waals surface area contributed by atoms with Gasteiger partial charge < -0.3 is 19.9 Å². The van der Waals surface area contributed by atoms with E-state index in [0.29, 0.717) is 40.6 Å². The number of ether oxygens (including phenoxy) is 2. The van der Waals surface area contributed by atoms with Crippen molar-refractivity contribution in [1.82, 2.24) is 5.32 Å². The SMILES string of the molecule is C[C@H]1CC[C@@]2(OC1)O[C@H]1C[C@H]3[C@@H]4CC[C@@H]5C[C@H](NC(=O)CC(=O)O)CC[C@]5(C)C4CC[C@]3(C)[C@H]1[C@@H]2C. The zero-order valence-corrected chi connectivity index (χ0v) is 22.8. The van der Waals surface area contributed by atoms with E-state index in [9.17, 15) is 9.59 Å². The molecule has 2 heterocycles. The first-order valence-electron chi connectivity index (χ1n) is 14.9. The van der Waals surface area contributed by atoms with E-state index < -0.39 is 12.4 Å². The maximum Gasteiger partial charge on any atom is 0.312 e. The summed E-state index contributed by atoms with van der Waals surface area (Å²) in [5, 5.41) is 12.0. The summed E-state index contributed by atoms with van der Waals surface area (Å²) in [5.74, 6) is 2.94. The minimum absolute atomic E-state index is 0.134. The van der Waals surface area contributed by atoms with Crippen molar-refractivity contribution in [1.29, 1.82) is 0 Å². The first-order valence-corrected chi connectivity index (χ1v) is 14.9. The summed E-state index contributed by atoms with van der Waals surface area (Å²) < 4.78 is 13.4. The fourth-order valence-corrected chi connectivity index (χ4v) is 10.8. The second kappa shape index (κ2) is 8.69. The van der Waals surface area contributed by atoms with Crippen LogP contribution in [0.4, 0.5) is 0 Å². The lowest BCUT2D eigenvalue weighted by Gasteiger charge is -2.61. The quantitative estimate of drug-likeness (QED) is 0.506. The predicted octanol–water partition coefficient (Wildman–Crippen LogP) is 5.39. The van der Waals surface area contributed by atoms with Gasteiger partial charge >= 0.3 is 5.97 Å². The van der Waals surface area contributed by atoms with Crippen molar-refractivity contribution in [3.05, 3.63) is 0 Å². The largest absolute Gasteiger partial charge is 0.481 e. The van der Waals surface area contributed by atoms with E-state index >= 15 is 0 Å². The van der Waals surface area contributed by atoms with Gasteiger partial charge in [-0.2, -0.15) is 0 Å². The van der Waals surface area contributed by atoms with E-state index in [1.54, 1.807) is 0 Å². The smallest absolute Gasteiger partial charge is 0.312 e. The van der Waals surface area contributed by atoms with Crippen LogP contribution in [0.2, 0.25) is 0 Å². The highest BCUT2D eigenvalue weighted by Crippen LogP contribution is 2.71. The van der Waals surface area contributed by atoms with Crippen molar-refractivity contribution in [3.63, 3.8) is 0 Å². The van der Waals surface area contributed by atoms with Crippen LogP contribution in [-0.4, -0.2) is 41.5 Å². The number of carbonyl (C=O) groups is 2. The van der Waals surface area contributed by atoms with Crippen LogP contribution in [0.1, 0.15) is 98.3 Å². The molecular weight excluding hydrogens is 454 g/mol. The normalized spacial score (nSPS) is 53.7. The summed E-state index contributed by atoms with van der Waals surface area (Å²) in [5.41, 5.74) is 0.693. The molecule has 4 aliphatic carbocycles. The summed E-state index contributed by atoms with van der Waals surface area (Å²) >= 11 is 0. The van der Waals surface area contributed by atoms with Crippen molar-refractivity contribution in [2.45, 2.75) is 116 Å². The molecule has 6 aliphatic rings. The molecule has 1 spiro atoms. The molecule has 2 N–H and O–H groups in total. The van der Waals surface area contributed by atoms with Crippen LogP contribution in [0.3, 0.4) is 0 Å². The van der Waals surface area contributed by atoms with Gasteiger partial charge in [-0.1, -0.05) is 27.7 Å². The predicted molar refractivity (Wildman–Crippen MR) is 136 cm³/mol. The number of carboxylic acid groups (broad SMARTS) is 1. The molecule has 0 radical (unpaired) electrons. The van der Waals surface area contributed by atoms with Gasteiger partial charge in [-0.3, -0.25) is 9.59 Å². The standard InChI is InChI=1S/C30H47NO5/c1-17-7-12-30(35-16-17)18(2)27-24(36-30)14-23-21-6-5-19-13-20(31-25(32)15-26(33)34)8-10-28(19,3)22(21)9-11-29(23,27)4/h17-24,27H,5-16H2,1-4H3,(H,31,32)(H,33,34)/t17-,18-,19+,20+,21+,22?,23-,24-,27-,28-,29-,30+/m0/s1. The minimum atomic E-state index is -1.05. The summed E-state index contributed by atoms with van der Waals surface area (Å²) in [6.07, 6.45) is 11.7. The summed E-state index contributed by atoms with van der Waals surface area (Å²) in [4.78, 5) is 23.0. The van der Waals surface area contributed by atoms with E-state index in [1.807, 2.05) is 0 Å². The van der Waals surface area contributed by atoms with Gasteiger partial charge in [0.2, 0.25) is 5.91 Å². The molecule has 1 unspecified atom stereocenters. The molecule has 202 valence electrons. The number of carbonyl (C=O) groups excluding carboxylic acids is 1. The van der Waals surface area contributed by atoms with Gasteiger partial charge in [0.25, 0.3) is 0 Å². The number of rotatable bonds is 3. The van der Waals surface area contributed by atoms with Gasteiger partial charge in [-0.15, -0.1) is 0 Å². The first-order chi connectivity index (χ1) is 17.1. The third-order valence-corrected chi connectivity index (χ3v) is 12.6. The van der Waals surface area contributed by atoms with Gasteiger partial charge in [0.1, 0.15) is 6.42 Å². The number of hydrogen-bond donors (Lipinski definition) is 2. The highest BCUT2D eigenvalue weighted by Gasteiger charge is 2.69.